The SMILES string of the molecule is COC(=O)c1ccc(-c2ncccn2)o1. The summed E-state index contributed by atoms with van der Waals surface area (Å²) in [6, 6.07) is 4.85. The minimum Gasteiger partial charge on any atom is -0.463 e. The Morgan fingerprint density at radius 3 is 2.73 bits per heavy atom. The number of aromatic nitrogens is 2. The van der Waals surface area contributed by atoms with Crippen molar-refractivity contribution in [3.8, 4) is 11.6 Å². The zero-order valence-electron chi connectivity index (χ0n) is 8.01. The lowest BCUT2D eigenvalue weighted by molar-refractivity contribution is 0.0566. The van der Waals surface area contributed by atoms with Crippen LogP contribution < -0.4 is 0 Å². The highest BCUT2D eigenvalue weighted by atomic mass is 16.5. The van der Waals surface area contributed by atoms with Crippen LogP contribution in [0.3, 0.4) is 0 Å². The Labute approximate surface area is 85.7 Å². The molecule has 15 heavy (non-hydrogen) atoms. The van der Waals surface area contributed by atoms with Gasteiger partial charge in [-0.2, -0.15) is 0 Å². The van der Waals surface area contributed by atoms with Crippen molar-refractivity contribution >= 4 is 5.97 Å². The summed E-state index contributed by atoms with van der Waals surface area (Å²) in [5, 5.41) is 0. The smallest absolute Gasteiger partial charge is 0.373 e. The standard InChI is InChI=1S/C10H8N2O3/c1-14-10(13)8-4-3-7(15-8)9-11-5-2-6-12-9/h2-6H,1H3. The fourth-order valence-electron chi connectivity index (χ4n) is 1.09. The maximum Gasteiger partial charge on any atom is 0.373 e. The number of esters is 1. The van der Waals surface area contributed by atoms with Gasteiger partial charge in [-0.3, -0.25) is 0 Å². The van der Waals surface area contributed by atoms with Crippen molar-refractivity contribution in [2.24, 2.45) is 0 Å². The van der Waals surface area contributed by atoms with Crippen molar-refractivity contribution in [3.63, 3.8) is 0 Å². The molecule has 76 valence electrons. The van der Waals surface area contributed by atoms with Crippen LogP contribution in [0.4, 0.5) is 0 Å². The third-order valence-corrected chi connectivity index (χ3v) is 1.78. The van der Waals surface area contributed by atoms with E-state index in [-0.39, 0.29) is 5.76 Å². The third-order valence-electron chi connectivity index (χ3n) is 1.78. The minimum atomic E-state index is -0.516. The maximum atomic E-state index is 11.1. The van der Waals surface area contributed by atoms with E-state index in [2.05, 4.69) is 14.7 Å². The Bertz CT molecular complexity index is 465. The molecule has 0 fully saturated rings. The maximum absolute atomic E-state index is 11.1. The molecule has 0 aliphatic heterocycles. The molecule has 0 radical (unpaired) electrons. The molecule has 0 N–H and O–H groups in total. The molecule has 2 aromatic rings. The summed E-state index contributed by atoms with van der Waals surface area (Å²) in [4.78, 5) is 19.1. The highest BCUT2D eigenvalue weighted by Crippen LogP contribution is 2.17. The molecule has 2 rings (SSSR count). The molecule has 0 aromatic carbocycles. The third kappa shape index (κ3) is 1.85. The van der Waals surface area contributed by atoms with Gasteiger partial charge in [0.15, 0.2) is 11.6 Å². The first-order chi connectivity index (χ1) is 7.31. The number of carbonyl (C=O) groups is 1. The Kier molecular flexibility index (Phi) is 2.45. The van der Waals surface area contributed by atoms with Gasteiger partial charge in [0.05, 0.1) is 7.11 Å². The largest absolute Gasteiger partial charge is 0.463 e. The number of methoxy groups -OCH3 is 1. The number of hydrogen-bond acceptors (Lipinski definition) is 5. The van der Waals surface area contributed by atoms with Gasteiger partial charge < -0.3 is 9.15 Å². The first-order valence-electron chi connectivity index (χ1n) is 4.27. The van der Waals surface area contributed by atoms with Crippen molar-refractivity contribution in [2.75, 3.05) is 7.11 Å². The Balaban J connectivity index is 2.32. The molecule has 0 saturated heterocycles. The molecule has 5 nitrogen and oxygen atoms in total. The molecule has 0 aliphatic carbocycles. The van der Waals surface area contributed by atoms with Crippen molar-refractivity contribution < 1.29 is 13.9 Å². The van der Waals surface area contributed by atoms with Crippen molar-refractivity contribution in [3.05, 3.63) is 36.4 Å². The zero-order chi connectivity index (χ0) is 10.7. The molecule has 0 saturated carbocycles. The molecular formula is C10H8N2O3. The predicted molar refractivity (Wildman–Crippen MR) is 51.1 cm³/mol. The zero-order valence-corrected chi connectivity index (χ0v) is 8.01. The summed E-state index contributed by atoms with van der Waals surface area (Å²) >= 11 is 0. The molecule has 2 aromatic heterocycles. The number of rotatable bonds is 2. The predicted octanol–water partition coefficient (Wildman–Crippen LogP) is 1.52. The molecule has 5 heteroatoms. The number of nitrogens with zero attached hydrogens (tertiary/aromatic N) is 2. The van der Waals surface area contributed by atoms with Crippen LogP contribution in [-0.4, -0.2) is 23.0 Å². The van der Waals surface area contributed by atoms with E-state index in [1.807, 2.05) is 0 Å². The van der Waals surface area contributed by atoms with Gasteiger partial charge in [-0.1, -0.05) is 0 Å². The number of ether oxygens (including phenoxy) is 1. The minimum absolute atomic E-state index is 0.139. The van der Waals surface area contributed by atoms with Gasteiger partial charge in [0.25, 0.3) is 0 Å². The summed E-state index contributed by atoms with van der Waals surface area (Å²) in [6.45, 7) is 0. The lowest BCUT2D eigenvalue weighted by Gasteiger charge is -1.94. The fourth-order valence-corrected chi connectivity index (χ4v) is 1.09. The van der Waals surface area contributed by atoms with Gasteiger partial charge in [0, 0.05) is 12.4 Å². The molecule has 0 aliphatic rings. The van der Waals surface area contributed by atoms with Crippen LogP contribution in [0.2, 0.25) is 0 Å². The molecule has 0 unspecified atom stereocenters. The van der Waals surface area contributed by atoms with Crippen LogP contribution in [0.15, 0.2) is 35.0 Å². The van der Waals surface area contributed by atoms with Gasteiger partial charge in [-0.15, -0.1) is 0 Å². The first-order valence-corrected chi connectivity index (χ1v) is 4.27. The first kappa shape index (κ1) is 9.39. The molecule has 0 spiro atoms. The van der Waals surface area contributed by atoms with Crippen LogP contribution in [0.25, 0.3) is 11.6 Å². The van der Waals surface area contributed by atoms with Crippen LogP contribution in [0, 0.1) is 0 Å². The Hall–Kier alpha value is -2.17. The van der Waals surface area contributed by atoms with Gasteiger partial charge in [-0.05, 0) is 18.2 Å². The second kappa shape index (κ2) is 3.91. The molecule has 0 atom stereocenters. The van der Waals surface area contributed by atoms with Crippen molar-refractivity contribution in [2.45, 2.75) is 0 Å². The Morgan fingerprint density at radius 1 is 1.33 bits per heavy atom. The average molecular weight is 204 g/mol. The number of hydrogen-bond donors (Lipinski definition) is 0. The molecule has 0 amide bonds. The van der Waals surface area contributed by atoms with Gasteiger partial charge in [0.1, 0.15) is 0 Å². The highest BCUT2D eigenvalue weighted by molar-refractivity contribution is 5.86. The van der Waals surface area contributed by atoms with E-state index in [1.165, 1.54) is 13.2 Å². The summed E-state index contributed by atoms with van der Waals surface area (Å²) in [6.07, 6.45) is 3.20. The number of carbonyl (C=O) groups excluding carboxylic acids is 1. The quantitative estimate of drug-likeness (QED) is 0.694. The van der Waals surface area contributed by atoms with E-state index in [1.54, 1.807) is 24.5 Å². The van der Waals surface area contributed by atoms with E-state index in [0.29, 0.717) is 11.6 Å². The summed E-state index contributed by atoms with van der Waals surface area (Å²) in [7, 11) is 1.30. The van der Waals surface area contributed by atoms with Crippen LogP contribution in [-0.2, 0) is 4.74 Å². The van der Waals surface area contributed by atoms with Crippen molar-refractivity contribution in [1.82, 2.24) is 9.97 Å². The molecule has 2 heterocycles. The second-order valence-electron chi connectivity index (χ2n) is 2.73. The van der Waals surface area contributed by atoms with E-state index >= 15 is 0 Å². The molecule has 0 bridgehead atoms. The topological polar surface area (TPSA) is 65.2 Å². The number of furan rings is 1. The van der Waals surface area contributed by atoms with E-state index in [4.69, 9.17) is 4.42 Å². The fraction of sp³-hybridized carbons (Fsp3) is 0.100. The normalized spacial score (nSPS) is 9.93. The Morgan fingerprint density at radius 2 is 2.07 bits per heavy atom. The van der Waals surface area contributed by atoms with Crippen LogP contribution >= 0.6 is 0 Å². The van der Waals surface area contributed by atoms with E-state index < -0.39 is 5.97 Å². The van der Waals surface area contributed by atoms with E-state index in [9.17, 15) is 4.79 Å². The lowest BCUT2D eigenvalue weighted by Crippen LogP contribution is -1.98. The summed E-state index contributed by atoms with van der Waals surface area (Å²) in [5.74, 6) is 0.501. The van der Waals surface area contributed by atoms with Crippen LogP contribution in [0.5, 0.6) is 0 Å². The summed E-state index contributed by atoms with van der Waals surface area (Å²) in [5.41, 5.74) is 0. The van der Waals surface area contributed by atoms with Crippen LogP contribution in [0.1, 0.15) is 10.6 Å². The summed E-state index contributed by atoms with van der Waals surface area (Å²) < 4.78 is 9.73. The van der Waals surface area contributed by atoms with Gasteiger partial charge >= 0.3 is 5.97 Å². The second-order valence-corrected chi connectivity index (χ2v) is 2.73. The van der Waals surface area contributed by atoms with Crippen molar-refractivity contribution in [1.29, 1.82) is 0 Å². The highest BCUT2D eigenvalue weighted by Gasteiger charge is 2.12. The average Bonchev–Trinajstić information content (AvgIpc) is 2.78. The van der Waals surface area contributed by atoms with E-state index in [0.717, 1.165) is 0 Å². The lowest BCUT2D eigenvalue weighted by atomic mass is 10.4. The molecular weight excluding hydrogens is 196 g/mol. The monoisotopic (exact) mass is 204 g/mol. The van der Waals surface area contributed by atoms with Gasteiger partial charge in [0.2, 0.25) is 5.76 Å². The van der Waals surface area contributed by atoms with Gasteiger partial charge in [-0.25, -0.2) is 14.8 Å².